The molecule has 2 atom stereocenters. The van der Waals surface area contributed by atoms with Crippen molar-refractivity contribution in [3.05, 3.63) is 23.7 Å². The SMILES string of the molecule is COC(C(=O)NC1CC2(CCN(C(=O)c3coc(C(N)=O)c3)C2)C1)C(C)O. The van der Waals surface area contributed by atoms with Gasteiger partial charge in [-0.05, 0) is 31.6 Å². The maximum absolute atomic E-state index is 12.6. The third-order valence-corrected chi connectivity index (χ3v) is 5.47. The topological polar surface area (TPSA) is 135 Å². The molecular formula is C18H25N3O6. The number of nitrogens with two attached hydrogens (primary N) is 1. The van der Waals surface area contributed by atoms with Gasteiger partial charge in [-0.2, -0.15) is 0 Å². The van der Waals surface area contributed by atoms with Crippen molar-refractivity contribution in [2.24, 2.45) is 11.1 Å². The monoisotopic (exact) mass is 379 g/mol. The van der Waals surface area contributed by atoms with Crippen molar-refractivity contribution >= 4 is 17.7 Å². The molecule has 2 fully saturated rings. The van der Waals surface area contributed by atoms with E-state index in [0.29, 0.717) is 18.7 Å². The van der Waals surface area contributed by atoms with Gasteiger partial charge in [0, 0.05) is 32.3 Å². The Morgan fingerprint density at radius 2 is 2.15 bits per heavy atom. The number of ether oxygens (including phenoxy) is 1. The van der Waals surface area contributed by atoms with Crippen LogP contribution in [0.15, 0.2) is 16.7 Å². The second-order valence-corrected chi connectivity index (χ2v) is 7.55. The van der Waals surface area contributed by atoms with Gasteiger partial charge in [0.05, 0.1) is 11.7 Å². The summed E-state index contributed by atoms with van der Waals surface area (Å²) in [5.74, 6) is -1.26. The Balaban J connectivity index is 1.52. The summed E-state index contributed by atoms with van der Waals surface area (Å²) >= 11 is 0. The van der Waals surface area contributed by atoms with Gasteiger partial charge >= 0.3 is 0 Å². The smallest absolute Gasteiger partial charge is 0.284 e. The zero-order valence-electron chi connectivity index (χ0n) is 15.4. The largest absolute Gasteiger partial charge is 0.458 e. The molecule has 0 aromatic carbocycles. The minimum Gasteiger partial charge on any atom is -0.458 e. The summed E-state index contributed by atoms with van der Waals surface area (Å²) in [5.41, 5.74) is 5.45. The van der Waals surface area contributed by atoms with Gasteiger partial charge in [0.25, 0.3) is 17.7 Å². The lowest BCUT2D eigenvalue weighted by atomic mass is 9.65. The highest BCUT2D eigenvalue weighted by atomic mass is 16.5. The van der Waals surface area contributed by atoms with Crippen LogP contribution in [0.5, 0.6) is 0 Å². The lowest BCUT2D eigenvalue weighted by Crippen LogP contribution is -2.55. The van der Waals surface area contributed by atoms with E-state index in [0.717, 1.165) is 19.3 Å². The zero-order valence-corrected chi connectivity index (χ0v) is 15.4. The average molecular weight is 379 g/mol. The molecular weight excluding hydrogens is 354 g/mol. The number of hydrogen-bond donors (Lipinski definition) is 3. The predicted octanol–water partition coefficient (Wildman–Crippen LogP) is -0.115. The number of rotatable bonds is 6. The molecule has 1 aliphatic heterocycles. The first kappa shape index (κ1) is 19.4. The van der Waals surface area contributed by atoms with Crippen LogP contribution in [-0.4, -0.2) is 66.2 Å². The molecule has 2 unspecified atom stereocenters. The Kier molecular flexibility index (Phi) is 5.25. The first-order valence-corrected chi connectivity index (χ1v) is 8.93. The van der Waals surface area contributed by atoms with E-state index in [1.807, 2.05) is 0 Å². The van der Waals surface area contributed by atoms with Crippen molar-refractivity contribution in [3.63, 3.8) is 0 Å². The number of aliphatic hydroxyl groups is 1. The summed E-state index contributed by atoms with van der Waals surface area (Å²) in [6, 6.07) is 1.37. The van der Waals surface area contributed by atoms with Crippen LogP contribution in [0.3, 0.4) is 0 Å². The summed E-state index contributed by atoms with van der Waals surface area (Å²) < 4.78 is 10.0. The van der Waals surface area contributed by atoms with Crippen LogP contribution in [0.25, 0.3) is 0 Å². The fraction of sp³-hybridized carbons (Fsp3) is 0.611. The average Bonchev–Trinajstić information content (AvgIpc) is 3.21. The third kappa shape index (κ3) is 3.84. The van der Waals surface area contributed by atoms with Gasteiger partial charge in [-0.3, -0.25) is 14.4 Å². The van der Waals surface area contributed by atoms with Gasteiger partial charge in [0.1, 0.15) is 6.26 Å². The molecule has 27 heavy (non-hydrogen) atoms. The van der Waals surface area contributed by atoms with Gasteiger partial charge in [-0.15, -0.1) is 0 Å². The lowest BCUT2D eigenvalue weighted by molar-refractivity contribution is -0.139. The van der Waals surface area contributed by atoms with Crippen LogP contribution in [-0.2, 0) is 9.53 Å². The Bertz CT molecular complexity index is 737. The summed E-state index contributed by atoms with van der Waals surface area (Å²) in [4.78, 5) is 37.5. The maximum atomic E-state index is 12.6. The number of nitrogens with one attached hydrogen (secondary N) is 1. The number of likely N-dealkylation sites (tertiary alicyclic amines) is 1. The molecule has 9 nitrogen and oxygen atoms in total. The molecule has 1 saturated heterocycles. The number of furan rings is 1. The molecule has 3 rings (SSSR count). The molecule has 4 N–H and O–H groups in total. The minimum atomic E-state index is -0.885. The Morgan fingerprint density at radius 3 is 2.70 bits per heavy atom. The highest BCUT2D eigenvalue weighted by Crippen LogP contribution is 2.48. The van der Waals surface area contributed by atoms with Crippen molar-refractivity contribution < 1.29 is 28.6 Å². The second kappa shape index (κ2) is 7.32. The number of methoxy groups -OCH3 is 1. The van der Waals surface area contributed by atoms with Gasteiger partial charge in [0.15, 0.2) is 11.9 Å². The normalized spacial score (nSPS) is 26.5. The minimum absolute atomic E-state index is 0.00272. The van der Waals surface area contributed by atoms with Gasteiger partial charge in [0.2, 0.25) is 0 Å². The molecule has 2 heterocycles. The van der Waals surface area contributed by atoms with Gasteiger partial charge in [-0.25, -0.2) is 0 Å². The Labute approximate surface area is 156 Å². The Morgan fingerprint density at radius 1 is 1.44 bits per heavy atom. The Hall–Kier alpha value is -2.39. The van der Waals surface area contributed by atoms with E-state index in [4.69, 9.17) is 14.9 Å². The molecule has 1 aliphatic carbocycles. The van der Waals surface area contributed by atoms with Crippen molar-refractivity contribution in [2.75, 3.05) is 20.2 Å². The van der Waals surface area contributed by atoms with Gasteiger partial charge in [-0.1, -0.05) is 0 Å². The number of carbonyl (C=O) groups excluding carboxylic acids is 3. The van der Waals surface area contributed by atoms with Crippen LogP contribution in [0.2, 0.25) is 0 Å². The molecule has 1 aromatic heterocycles. The molecule has 0 bridgehead atoms. The lowest BCUT2D eigenvalue weighted by Gasteiger charge is -2.45. The number of primary amides is 1. The number of aliphatic hydroxyl groups excluding tert-OH is 1. The fourth-order valence-electron chi connectivity index (χ4n) is 4.10. The molecule has 148 valence electrons. The summed E-state index contributed by atoms with van der Waals surface area (Å²) in [6.07, 6.45) is 1.88. The first-order chi connectivity index (χ1) is 12.7. The molecule has 1 saturated carbocycles. The van der Waals surface area contributed by atoms with E-state index in [1.54, 1.807) is 4.90 Å². The van der Waals surface area contributed by atoms with Crippen LogP contribution >= 0.6 is 0 Å². The van der Waals surface area contributed by atoms with E-state index in [1.165, 1.54) is 26.4 Å². The molecule has 1 aromatic rings. The molecule has 2 aliphatic rings. The number of hydrogen-bond acceptors (Lipinski definition) is 6. The summed E-state index contributed by atoms with van der Waals surface area (Å²) in [7, 11) is 1.39. The van der Waals surface area contributed by atoms with Crippen LogP contribution in [0.4, 0.5) is 0 Å². The first-order valence-electron chi connectivity index (χ1n) is 8.93. The van der Waals surface area contributed by atoms with Crippen molar-refractivity contribution in [1.29, 1.82) is 0 Å². The second-order valence-electron chi connectivity index (χ2n) is 7.55. The number of amides is 3. The maximum Gasteiger partial charge on any atom is 0.284 e. The van der Waals surface area contributed by atoms with Crippen molar-refractivity contribution in [1.82, 2.24) is 10.2 Å². The number of carbonyl (C=O) groups is 3. The van der Waals surface area contributed by atoms with Crippen molar-refractivity contribution in [3.8, 4) is 0 Å². The highest BCUT2D eigenvalue weighted by Gasteiger charge is 2.50. The van der Waals surface area contributed by atoms with Crippen LogP contribution in [0.1, 0.15) is 47.1 Å². The van der Waals surface area contributed by atoms with E-state index in [2.05, 4.69) is 5.32 Å². The molecule has 1 spiro atoms. The van der Waals surface area contributed by atoms with E-state index < -0.39 is 18.1 Å². The molecule has 3 amide bonds. The molecule has 9 heteroatoms. The fourth-order valence-corrected chi connectivity index (χ4v) is 4.10. The van der Waals surface area contributed by atoms with E-state index in [-0.39, 0.29) is 29.0 Å². The van der Waals surface area contributed by atoms with Crippen LogP contribution < -0.4 is 11.1 Å². The zero-order chi connectivity index (χ0) is 19.8. The standard InChI is InChI=1S/C18H25N3O6/c1-10(22)14(26-2)16(24)20-12-6-18(7-12)3-4-21(9-18)17(25)11-5-13(15(19)23)27-8-11/h5,8,10,12,14,22H,3-4,6-7,9H2,1-2H3,(H2,19,23)(H,20,24). The highest BCUT2D eigenvalue weighted by molar-refractivity contribution is 5.98. The number of nitrogens with zero attached hydrogens (tertiary/aromatic N) is 1. The molecule has 0 radical (unpaired) electrons. The van der Waals surface area contributed by atoms with E-state index >= 15 is 0 Å². The quantitative estimate of drug-likeness (QED) is 0.631. The van der Waals surface area contributed by atoms with E-state index in [9.17, 15) is 19.5 Å². The van der Waals surface area contributed by atoms with Crippen molar-refractivity contribution in [2.45, 2.75) is 44.4 Å². The summed E-state index contributed by atoms with van der Waals surface area (Å²) in [6.45, 7) is 2.72. The van der Waals surface area contributed by atoms with Gasteiger partial charge < -0.3 is 30.2 Å². The predicted molar refractivity (Wildman–Crippen MR) is 93.8 cm³/mol. The third-order valence-electron chi connectivity index (χ3n) is 5.47. The summed E-state index contributed by atoms with van der Waals surface area (Å²) in [5, 5.41) is 12.5. The van der Waals surface area contributed by atoms with Crippen LogP contribution in [0, 0.1) is 5.41 Å².